The minimum Gasteiger partial charge on any atom is -0.469 e. The largest absolute Gasteiger partial charge is 0.469 e. The molecule has 0 aliphatic carbocycles. The van der Waals surface area contributed by atoms with Crippen LogP contribution in [0.25, 0.3) is 0 Å². The SMILES string of the molecule is COC(=O)CCCCCC[C@@H]1COC(C)(C)O1. The van der Waals surface area contributed by atoms with Gasteiger partial charge < -0.3 is 14.2 Å². The van der Waals surface area contributed by atoms with Gasteiger partial charge in [-0.1, -0.05) is 19.3 Å². The molecular formula is C13H24O4. The van der Waals surface area contributed by atoms with Gasteiger partial charge >= 0.3 is 5.97 Å². The van der Waals surface area contributed by atoms with Crippen LogP contribution in [0.3, 0.4) is 0 Å². The third kappa shape index (κ3) is 6.03. The van der Waals surface area contributed by atoms with Crippen molar-refractivity contribution in [3.05, 3.63) is 0 Å². The van der Waals surface area contributed by atoms with E-state index in [0.29, 0.717) is 13.0 Å². The van der Waals surface area contributed by atoms with Crippen molar-refractivity contribution in [3.8, 4) is 0 Å². The summed E-state index contributed by atoms with van der Waals surface area (Å²) in [6.07, 6.45) is 6.08. The average Bonchev–Trinajstić information content (AvgIpc) is 2.63. The summed E-state index contributed by atoms with van der Waals surface area (Å²) in [6, 6.07) is 0. The van der Waals surface area contributed by atoms with E-state index >= 15 is 0 Å². The van der Waals surface area contributed by atoms with E-state index in [9.17, 15) is 4.79 Å². The average molecular weight is 244 g/mol. The third-order valence-electron chi connectivity index (χ3n) is 2.95. The van der Waals surface area contributed by atoms with E-state index in [-0.39, 0.29) is 12.1 Å². The summed E-state index contributed by atoms with van der Waals surface area (Å²) < 4.78 is 15.8. The normalized spacial score (nSPS) is 22.6. The molecule has 1 rings (SSSR count). The first-order chi connectivity index (χ1) is 8.03. The number of hydrogen-bond acceptors (Lipinski definition) is 4. The van der Waals surface area contributed by atoms with Gasteiger partial charge in [-0.3, -0.25) is 4.79 Å². The second kappa shape index (κ2) is 6.97. The van der Waals surface area contributed by atoms with Gasteiger partial charge in [0, 0.05) is 6.42 Å². The Morgan fingerprint density at radius 2 is 2.00 bits per heavy atom. The molecule has 100 valence electrons. The van der Waals surface area contributed by atoms with Crippen LogP contribution in [0.2, 0.25) is 0 Å². The maximum atomic E-state index is 10.9. The predicted octanol–water partition coefficient (Wildman–Crippen LogP) is 2.65. The van der Waals surface area contributed by atoms with E-state index < -0.39 is 5.79 Å². The lowest BCUT2D eigenvalue weighted by Gasteiger charge is -2.16. The van der Waals surface area contributed by atoms with Crippen molar-refractivity contribution in [2.24, 2.45) is 0 Å². The van der Waals surface area contributed by atoms with Crippen molar-refractivity contribution in [1.29, 1.82) is 0 Å². The molecule has 0 aromatic rings. The van der Waals surface area contributed by atoms with Crippen LogP contribution in [0.5, 0.6) is 0 Å². The van der Waals surface area contributed by atoms with Gasteiger partial charge in [-0.15, -0.1) is 0 Å². The molecule has 0 radical (unpaired) electrons. The van der Waals surface area contributed by atoms with Crippen LogP contribution in [-0.2, 0) is 19.0 Å². The summed E-state index contributed by atoms with van der Waals surface area (Å²) in [7, 11) is 1.43. The van der Waals surface area contributed by atoms with Crippen LogP contribution >= 0.6 is 0 Å². The number of ether oxygens (including phenoxy) is 3. The van der Waals surface area contributed by atoms with Crippen molar-refractivity contribution >= 4 is 5.97 Å². The second-order valence-electron chi connectivity index (χ2n) is 4.98. The van der Waals surface area contributed by atoms with Crippen LogP contribution in [-0.4, -0.2) is 31.6 Å². The van der Waals surface area contributed by atoms with E-state index in [0.717, 1.165) is 32.1 Å². The molecular weight excluding hydrogens is 220 g/mol. The highest BCUT2D eigenvalue weighted by molar-refractivity contribution is 5.68. The highest BCUT2D eigenvalue weighted by atomic mass is 16.7. The Morgan fingerprint density at radius 1 is 1.29 bits per heavy atom. The smallest absolute Gasteiger partial charge is 0.305 e. The van der Waals surface area contributed by atoms with Crippen LogP contribution in [0.4, 0.5) is 0 Å². The van der Waals surface area contributed by atoms with Crippen LogP contribution in [0.15, 0.2) is 0 Å². The van der Waals surface area contributed by atoms with E-state index in [4.69, 9.17) is 9.47 Å². The first kappa shape index (κ1) is 14.5. The number of methoxy groups -OCH3 is 1. The molecule has 1 atom stereocenters. The molecule has 0 unspecified atom stereocenters. The van der Waals surface area contributed by atoms with Gasteiger partial charge in [0.05, 0.1) is 19.8 Å². The van der Waals surface area contributed by atoms with Crippen molar-refractivity contribution in [3.63, 3.8) is 0 Å². The molecule has 1 heterocycles. The lowest BCUT2D eigenvalue weighted by molar-refractivity contribution is -0.141. The van der Waals surface area contributed by atoms with Gasteiger partial charge in [0.1, 0.15) is 0 Å². The Hall–Kier alpha value is -0.610. The van der Waals surface area contributed by atoms with Gasteiger partial charge in [-0.2, -0.15) is 0 Å². The molecule has 4 heteroatoms. The lowest BCUT2D eigenvalue weighted by Crippen LogP contribution is -2.21. The van der Waals surface area contributed by atoms with Crippen LogP contribution < -0.4 is 0 Å². The van der Waals surface area contributed by atoms with Crippen LogP contribution in [0, 0.1) is 0 Å². The highest BCUT2D eigenvalue weighted by Gasteiger charge is 2.31. The molecule has 0 amide bonds. The predicted molar refractivity (Wildman–Crippen MR) is 64.6 cm³/mol. The molecule has 1 fully saturated rings. The summed E-state index contributed by atoms with van der Waals surface area (Å²) >= 11 is 0. The molecule has 1 aliphatic heterocycles. The number of carbonyl (C=O) groups is 1. The van der Waals surface area contributed by atoms with Crippen molar-refractivity contribution in [2.75, 3.05) is 13.7 Å². The molecule has 0 spiro atoms. The van der Waals surface area contributed by atoms with Crippen molar-refractivity contribution in [2.45, 2.75) is 64.3 Å². The standard InChI is InChI=1S/C13H24O4/c1-13(2)16-10-11(17-13)8-6-4-5-7-9-12(14)15-3/h11H,4-10H2,1-3H3/t11-/m1/s1. The van der Waals surface area contributed by atoms with Gasteiger partial charge in [-0.25, -0.2) is 0 Å². The van der Waals surface area contributed by atoms with E-state index in [1.165, 1.54) is 7.11 Å². The number of unbranched alkanes of at least 4 members (excludes halogenated alkanes) is 3. The Balaban J connectivity index is 1.93. The fraction of sp³-hybridized carbons (Fsp3) is 0.923. The lowest BCUT2D eigenvalue weighted by atomic mass is 10.1. The molecule has 17 heavy (non-hydrogen) atoms. The van der Waals surface area contributed by atoms with Crippen molar-refractivity contribution < 1.29 is 19.0 Å². The molecule has 0 saturated carbocycles. The molecule has 4 nitrogen and oxygen atoms in total. The molecule has 0 N–H and O–H groups in total. The highest BCUT2D eigenvalue weighted by Crippen LogP contribution is 2.25. The summed E-state index contributed by atoms with van der Waals surface area (Å²) in [6.45, 7) is 4.60. The fourth-order valence-corrected chi connectivity index (χ4v) is 2.00. The van der Waals surface area contributed by atoms with E-state index in [1.807, 2.05) is 13.8 Å². The fourth-order valence-electron chi connectivity index (χ4n) is 2.00. The topological polar surface area (TPSA) is 44.8 Å². The summed E-state index contributed by atoms with van der Waals surface area (Å²) in [5.74, 6) is -0.519. The number of rotatable bonds is 7. The Morgan fingerprint density at radius 3 is 2.59 bits per heavy atom. The van der Waals surface area contributed by atoms with E-state index in [1.54, 1.807) is 0 Å². The zero-order valence-corrected chi connectivity index (χ0v) is 11.2. The minimum atomic E-state index is -0.407. The number of carbonyl (C=O) groups excluding carboxylic acids is 1. The third-order valence-corrected chi connectivity index (χ3v) is 2.95. The van der Waals surface area contributed by atoms with Gasteiger partial charge in [-0.05, 0) is 26.7 Å². The van der Waals surface area contributed by atoms with E-state index in [2.05, 4.69) is 4.74 Å². The van der Waals surface area contributed by atoms with Gasteiger partial charge in [0.25, 0.3) is 0 Å². The molecule has 0 aromatic heterocycles. The Labute approximate surface area is 104 Å². The minimum absolute atomic E-state index is 0.112. The first-order valence-corrected chi connectivity index (χ1v) is 6.42. The number of hydrogen-bond donors (Lipinski definition) is 0. The van der Waals surface area contributed by atoms with Gasteiger partial charge in [0.15, 0.2) is 5.79 Å². The maximum absolute atomic E-state index is 10.9. The Kier molecular flexibility index (Phi) is 5.92. The Bertz CT molecular complexity index is 238. The molecule has 1 saturated heterocycles. The van der Waals surface area contributed by atoms with Crippen molar-refractivity contribution in [1.82, 2.24) is 0 Å². The van der Waals surface area contributed by atoms with Gasteiger partial charge in [0.2, 0.25) is 0 Å². The molecule has 1 aliphatic rings. The summed E-state index contributed by atoms with van der Waals surface area (Å²) in [4.78, 5) is 10.9. The zero-order chi connectivity index (χ0) is 12.7. The maximum Gasteiger partial charge on any atom is 0.305 e. The quantitative estimate of drug-likeness (QED) is 0.510. The molecule has 0 bridgehead atoms. The zero-order valence-electron chi connectivity index (χ0n) is 11.2. The second-order valence-corrected chi connectivity index (χ2v) is 4.98. The van der Waals surface area contributed by atoms with Crippen LogP contribution in [0.1, 0.15) is 52.4 Å². The summed E-state index contributed by atoms with van der Waals surface area (Å²) in [5.41, 5.74) is 0. The monoisotopic (exact) mass is 244 g/mol. The first-order valence-electron chi connectivity index (χ1n) is 6.42. The summed E-state index contributed by atoms with van der Waals surface area (Å²) in [5, 5.41) is 0. The molecule has 0 aromatic carbocycles. The number of esters is 1.